The molecule has 2 fully saturated rings. The van der Waals surface area contributed by atoms with E-state index in [1.54, 1.807) is 0 Å². The highest BCUT2D eigenvalue weighted by molar-refractivity contribution is 5.99. The number of piperidine rings is 1. The molecule has 1 aliphatic carbocycles. The first-order valence-electron chi connectivity index (χ1n) is 8.69. The van der Waals surface area contributed by atoms with Crippen LogP contribution in [0.2, 0.25) is 0 Å². The average molecular weight is 315 g/mol. The van der Waals surface area contributed by atoms with Gasteiger partial charge in [0.15, 0.2) is 0 Å². The fourth-order valence-electron chi connectivity index (χ4n) is 3.50. The standard InChI is InChI=1S/C18H25N3O2/c1-12-9-15(20-14-10-19-17(22)16(12)14)21-7-3-13(4-8-21)23-11-18(2)5-6-18/h9,13H,3-8,10-11H2,1-2H3,(H,19,22). The Balaban J connectivity index is 1.39. The van der Waals surface area contributed by atoms with Crippen LogP contribution in [0.25, 0.3) is 0 Å². The smallest absolute Gasteiger partial charge is 0.253 e. The van der Waals surface area contributed by atoms with E-state index in [9.17, 15) is 4.79 Å². The van der Waals surface area contributed by atoms with Gasteiger partial charge in [0.05, 0.1) is 30.5 Å². The predicted molar refractivity (Wildman–Crippen MR) is 88.7 cm³/mol. The molecule has 1 saturated heterocycles. The topological polar surface area (TPSA) is 54.5 Å². The Morgan fingerprint density at radius 3 is 2.83 bits per heavy atom. The van der Waals surface area contributed by atoms with E-state index in [1.165, 1.54) is 12.8 Å². The molecular formula is C18H25N3O2. The molecule has 23 heavy (non-hydrogen) atoms. The lowest BCUT2D eigenvalue weighted by atomic mass is 10.1. The third-order valence-electron chi connectivity index (χ3n) is 5.46. The zero-order valence-electron chi connectivity index (χ0n) is 14.0. The number of nitrogens with zero attached hydrogens (tertiary/aromatic N) is 2. The predicted octanol–water partition coefficient (Wildman–Crippen LogP) is 2.42. The van der Waals surface area contributed by atoms with Crippen molar-refractivity contribution >= 4 is 11.7 Å². The highest BCUT2D eigenvalue weighted by Gasteiger charge is 2.38. The van der Waals surface area contributed by atoms with Gasteiger partial charge in [-0.25, -0.2) is 4.98 Å². The van der Waals surface area contributed by atoms with Crippen LogP contribution in [0.5, 0.6) is 0 Å². The van der Waals surface area contributed by atoms with Crippen LogP contribution in [0.4, 0.5) is 5.82 Å². The second-order valence-electron chi connectivity index (χ2n) is 7.61. The molecule has 0 aromatic carbocycles. The normalized spacial score (nSPS) is 22.9. The van der Waals surface area contributed by atoms with Crippen LogP contribution >= 0.6 is 0 Å². The number of anilines is 1. The number of pyridine rings is 1. The number of aryl methyl sites for hydroxylation is 1. The van der Waals surface area contributed by atoms with Gasteiger partial charge in [-0.2, -0.15) is 0 Å². The summed E-state index contributed by atoms with van der Waals surface area (Å²) in [6, 6.07) is 2.05. The highest BCUT2D eigenvalue weighted by Crippen LogP contribution is 2.45. The maximum atomic E-state index is 11.8. The molecular weight excluding hydrogens is 290 g/mol. The summed E-state index contributed by atoms with van der Waals surface area (Å²) in [5.74, 6) is 1.02. The summed E-state index contributed by atoms with van der Waals surface area (Å²) in [5, 5.41) is 2.86. The fraction of sp³-hybridized carbons (Fsp3) is 0.667. The maximum absolute atomic E-state index is 11.8. The van der Waals surface area contributed by atoms with Gasteiger partial charge in [0, 0.05) is 13.1 Å². The van der Waals surface area contributed by atoms with Crippen molar-refractivity contribution in [2.45, 2.75) is 52.2 Å². The Hall–Kier alpha value is -1.62. The van der Waals surface area contributed by atoms with E-state index in [1.807, 2.05) is 6.92 Å². The number of carbonyl (C=O) groups is 1. The van der Waals surface area contributed by atoms with Crippen LogP contribution in [0, 0.1) is 12.3 Å². The van der Waals surface area contributed by atoms with Crippen molar-refractivity contribution in [1.29, 1.82) is 0 Å². The summed E-state index contributed by atoms with van der Waals surface area (Å²) in [6.45, 7) is 7.75. The molecule has 0 spiro atoms. The van der Waals surface area contributed by atoms with Gasteiger partial charge < -0.3 is 15.0 Å². The van der Waals surface area contributed by atoms with Crippen LogP contribution in [-0.2, 0) is 11.3 Å². The summed E-state index contributed by atoms with van der Waals surface area (Å²) in [6.07, 6.45) is 5.15. The molecule has 0 bridgehead atoms. The molecule has 0 unspecified atom stereocenters. The van der Waals surface area contributed by atoms with Gasteiger partial charge in [-0.05, 0) is 49.7 Å². The van der Waals surface area contributed by atoms with Crippen molar-refractivity contribution in [3.05, 3.63) is 22.9 Å². The number of carbonyl (C=O) groups excluding carboxylic acids is 1. The number of ether oxygens (including phenoxy) is 1. The SMILES string of the molecule is Cc1cc(N2CCC(OCC3(C)CC3)CC2)nc2c1C(=O)NC2. The van der Waals surface area contributed by atoms with Crippen LogP contribution < -0.4 is 10.2 Å². The van der Waals surface area contributed by atoms with Crippen molar-refractivity contribution in [2.75, 3.05) is 24.6 Å². The van der Waals surface area contributed by atoms with Crippen LogP contribution in [-0.4, -0.2) is 36.7 Å². The number of hydrogen-bond acceptors (Lipinski definition) is 4. The lowest BCUT2D eigenvalue weighted by Gasteiger charge is -2.33. The Bertz CT molecular complexity index is 631. The van der Waals surface area contributed by atoms with Gasteiger partial charge in [0.2, 0.25) is 0 Å². The number of aromatic nitrogens is 1. The minimum Gasteiger partial charge on any atom is -0.378 e. The van der Waals surface area contributed by atoms with Crippen LogP contribution in [0.15, 0.2) is 6.07 Å². The molecule has 124 valence electrons. The molecule has 0 atom stereocenters. The van der Waals surface area contributed by atoms with Gasteiger partial charge >= 0.3 is 0 Å². The lowest BCUT2D eigenvalue weighted by molar-refractivity contribution is 0.0127. The molecule has 5 nitrogen and oxygen atoms in total. The second-order valence-corrected chi connectivity index (χ2v) is 7.61. The molecule has 1 saturated carbocycles. The summed E-state index contributed by atoms with van der Waals surface area (Å²) >= 11 is 0. The number of fused-ring (bicyclic) bond motifs is 1. The summed E-state index contributed by atoms with van der Waals surface area (Å²) in [7, 11) is 0. The minimum absolute atomic E-state index is 0.0113. The summed E-state index contributed by atoms with van der Waals surface area (Å²) < 4.78 is 6.10. The van der Waals surface area contributed by atoms with Crippen molar-refractivity contribution in [1.82, 2.24) is 10.3 Å². The lowest BCUT2D eigenvalue weighted by Crippen LogP contribution is -2.38. The molecule has 0 radical (unpaired) electrons. The Labute approximate surface area is 137 Å². The third-order valence-corrected chi connectivity index (χ3v) is 5.46. The molecule has 3 heterocycles. The molecule has 1 amide bonds. The van der Waals surface area contributed by atoms with Crippen molar-refractivity contribution in [3.8, 4) is 0 Å². The Morgan fingerprint density at radius 1 is 1.39 bits per heavy atom. The quantitative estimate of drug-likeness (QED) is 0.927. The Kier molecular flexibility index (Phi) is 3.56. The third kappa shape index (κ3) is 2.94. The van der Waals surface area contributed by atoms with E-state index >= 15 is 0 Å². The molecule has 5 heteroatoms. The van der Waals surface area contributed by atoms with E-state index in [2.05, 4.69) is 23.2 Å². The van der Waals surface area contributed by atoms with Crippen LogP contribution in [0.3, 0.4) is 0 Å². The summed E-state index contributed by atoms with van der Waals surface area (Å²) in [5.41, 5.74) is 3.16. The molecule has 1 aromatic rings. The first kappa shape index (κ1) is 14.9. The number of hydrogen-bond donors (Lipinski definition) is 1. The van der Waals surface area contributed by atoms with Crippen molar-refractivity contribution in [3.63, 3.8) is 0 Å². The van der Waals surface area contributed by atoms with E-state index in [0.29, 0.717) is 18.1 Å². The maximum Gasteiger partial charge on any atom is 0.253 e. The zero-order valence-corrected chi connectivity index (χ0v) is 14.0. The average Bonchev–Trinajstić information content (AvgIpc) is 3.17. The van der Waals surface area contributed by atoms with E-state index < -0.39 is 0 Å². The van der Waals surface area contributed by atoms with Gasteiger partial charge in [-0.3, -0.25) is 4.79 Å². The van der Waals surface area contributed by atoms with Crippen LogP contribution in [0.1, 0.15) is 54.2 Å². The molecule has 2 aliphatic heterocycles. The molecule has 3 aliphatic rings. The number of amides is 1. The largest absolute Gasteiger partial charge is 0.378 e. The van der Waals surface area contributed by atoms with Crippen molar-refractivity contribution in [2.24, 2.45) is 5.41 Å². The summed E-state index contributed by atoms with van der Waals surface area (Å²) in [4.78, 5) is 18.8. The van der Waals surface area contributed by atoms with Gasteiger partial charge in [0.25, 0.3) is 5.91 Å². The minimum atomic E-state index is 0.0113. The van der Waals surface area contributed by atoms with E-state index in [0.717, 1.165) is 55.2 Å². The molecule has 4 rings (SSSR count). The van der Waals surface area contributed by atoms with Gasteiger partial charge in [-0.15, -0.1) is 0 Å². The zero-order chi connectivity index (χ0) is 16.0. The second kappa shape index (κ2) is 5.48. The first-order chi connectivity index (χ1) is 11.0. The highest BCUT2D eigenvalue weighted by atomic mass is 16.5. The van der Waals surface area contributed by atoms with E-state index in [-0.39, 0.29) is 5.91 Å². The first-order valence-corrected chi connectivity index (χ1v) is 8.69. The molecule has 1 aromatic heterocycles. The fourth-order valence-corrected chi connectivity index (χ4v) is 3.50. The Morgan fingerprint density at radius 2 is 2.13 bits per heavy atom. The molecule has 1 N–H and O–H groups in total. The number of nitrogens with one attached hydrogen (secondary N) is 1. The van der Waals surface area contributed by atoms with Gasteiger partial charge in [0.1, 0.15) is 5.82 Å². The number of rotatable bonds is 4. The van der Waals surface area contributed by atoms with Crippen molar-refractivity contribution < 1.29 is 9.53 Å². The van der Waals surface area contributed by atoms with E-state index in [4.69, 9.17) is 9.72 Å². The van der Waals surface area contributed by atoms with Gasteiger partial charge in [-0.1, -0.05) is 6.92 Å². The monoisotopic (exact) mass is 315 g/mol.